The molecule has 0 saturated carbocycles. The van der Waals surface area contributed by atoms with Crippen LogP contribution in [0.1, 0.15) is 24.2 Å². The van der Waals surface area contributed by atoms with Crippen molar-refractivity contribution in [2.45, 2.75) is 19.4 Å². The zero-order chi connectivity index (χ0) is 24.0. The molecule has 0 fully saturated rings. The number of carbonyl (C=O) groups excluding carboxylic acids is 3. The lowest BCUT2D eigenvalue weighted by molar-refractivity contribution is -0.137. The van der Waals surface area contributed by atoms with Crippen LogP contribution in [0.4, 0.5) is 10.1 Å². The van der Waals surface area contributed by atoms with Gasteiger partial charge in [-0.3, -0.25) is 14.4 Å². The molecule has 0 atom stereocenters. The third-order valence-electron chi connectivity index (χ3n) is 4.59. The van der Waals surface area contributed by atoms with Gasteiger partial charge in [-0.05, 0) is 44.2 Å². The molecule has 0 aliphatic heterocycles. The van der Waals surface area contributed by atoms with Crippen LogP contribution >= 0.6 is 0 Å². The van der Waals surface area contributed by atoms with E-state index in [2.05, 4.69) is 20.9 Å². The molecule has 0 unspecified atom stereocenters. The van der Waals surface area contributed by atoms with Crippen molar-refractivity contribution in [3.8, 4) is 17.1 Å². The number of nitrogens with one attached hydrogen (secondary N) is 3. The number of nitrogens with zero attached hydrogens (tertiary/aromatic N) is 1. The molecule has 2 aromatic carbocycles. The Morgan fingerprint density at radius 2 is 1.91 bits per heavy atom. The largest absolute Gasteiger partial charge is 0.496 e. The summed E-state index contributed by atoms with van der Waals surface area (Å²) in [6.07, 6.45) is 2.82. The third-order valence-corrected chi connectivity index (χ3v) is 4.59. The Hall–Kier alpha value is -4.21. The van der Waals surface area contributed by atoms with Gasteiger partial charge in [-0.2, -0.15) is 0 Å². The molecule has 0 radical (unpaired) electrons. The van der Waals surface area contributed by atoms with E-state index in [9.17, 15) is 18.8 Å². The van der Waals surface area contributed by atoms with E-state index in [1.807, 2.05) is 0 Å². The van der Waals surface area contributed by atoms with Gasteiger partial charge in [0.1, 0.15) is 11.6 Å². The molecule has 33 heavy (non-hydrogen) atoms. The molecule has 172 valence electrons. The second kappa shape index (κ2) is 9.94. The fraction of sp³-hybridized carbons (Fsp3) is 0.217. The van der Waals surface area contributed by atoms with E-state index >= 15 is 0 Å². The van der Waals surface area contributed by atoms with Crippen molar-refractivity contribution in [3.63, 3.8) is 0 Å². The van der Waals surface area contributed by atoms with Gasteiger partial charge in [0.15, 0.2) is 12.2 Å². The molecule has 3 rings (SSSR count). The Morgan fingerprint density at radius 1 is 1.12 bits per heavy atom. The van der Waals surface area contributed by atoms with Crippen LogP contribution in [-0.2, 0) is 9.59 Å². The molecule has 3 amide bonds. The number of rotatable bonds is 7. The van der Waals surface area contributed by atoms with Crippen molar-refractivity contribution < 1.29 is 27.9 Å². The molecule has 0 saturated heterocycles. The van der Waals surface area contributed by atoms with Crippen molar-refractivity contribution in [2.75, 3.05) is 19.0 Å². The lowest BCUT2D eigenvalue weighted by atomic mass is 10.1. The quantitative estimate of drug-likeness (QED) is 0.472. The number of anilines is 1. The summed E-state index contributed by atoms with van der Waals surface area (Å²) < 4.78 is 23.9. The summed E-state index contributed by atoms with van der Waals surface area (Å²) in [6.45, 7) is 3.29. The average molecular weight is 454 g/mol. The van der Waals surface area contributed by atoms with Crippen molar-refractivity contribution in [3.05, 3.63) is 66.4 Å². The topological polar surface area (TPSA) is 123 Å². The first-order valence-corrected chi connectivity index (χ1v) is 9.93. The van der Waals surface area contributed by atoms with Gasteiger partial charge in [-0.1, -0.05) is 6.07 Å². The van der Waals surface area contributed by atoms with E-state index < -0.39 is 29.1 Å². The Morgan fingerprint density at radius 3 is 2.58 bits per heavy atom. The molecular weight excluding hydrogens is 431 g/mol. The molecule has 10 heteroatoms. The monoisotopic (exact) mass is 454 g/mol. The Kier molecular flexibility index (Phi) is 7.07. The number of ether oxygens (including phenoxy) is 1. The van der Waals surface area contributed by atoms with Crippen LogP contribution < -0.4 is 20.7 Å². The molecule has 1 aromatic heterocycles. The number of hydrogen-bond donors (Lipinski definition) is 3. The van der Waals surface area contributed by atoms with Crippen molar-refractivity contribution in [1.82, 2.24) is 15.6 Å². The van der Waals surface area contributed by atoms with Gasteiger partial charge in [0.25, 0.3) is 5.91 Å². The van der Waals surface area contributed by atoms with Gasteiger partial charge < -0.3 is 25.1 Å². The first-order valence-electron chi connectivity index (χ1n) is 9.93. The van der Waals surface area contributed by atoms with Crippen LogP contribution in [0.5, 0.6) is 5.75 Å². The van der Waals surface area contributed by atoms with Crippen LogP contribution in [-0.4, -0.2) is 41.9 Å². The fourth-order valence-corrected chi connectivity index (χ4v) is 2.95. The number of aromatic nitrogens is 1. The zero-order valence-electron chi connectivity index (χ0n) is 18.3. The second-order valence-electron chi connectivity index (χ2n) is 7.77. The molecule has 0 aliphatic rings. The summed E-state index contributed by atoms with van der Waals surface area (Å²) in [5, 5.41) is 7.68. The predicted octanol–water partition coefficient (Wildman–Crippen LogP) is 2.75. The summed E-state index contributed by atoms with van der Waals surface area (Å²) >= 11 is 0. The van der Waals surface area contributed by atoms with Gasteiger partial charge >= 0.3 is 11.8 Å². The summed E-state index contributed by atoms with van der Waals surface area (Å²) in [5.41, 5.74) is 0.170. The smallest absolute Gasteiger partial charge is 0.313 e. The maximum atomic E-state index is 13.3. The Balaban J connectivity index is 1.58. The van der Waals surface area contributed by atoms with Gasteiger partial charge in [-0.15, -0.1) is 0 Å². The normalized spacial score (nSPS) is 10.9. The molecular formula is C23H23FN4O5. The van der Waals surface area contributed by atoms with Crippen molar-refractivity contribution >= 4 is 23.4 Å². The standard InChI is InChI=1S/C23H23FN4O5/c1-23(2,12-26-20(29)14-5-4-6-15(24)9-14)28-22(31)21(30)27-16-7-8-17(18(10-16)32-3)19-11-25-13-33-19/h4-11,13H,12H2,1-3H3,(H,26,29)(H,27,30)(H,28,31). The van der Waals surface area contributed by atoms with E-state index in [-0.39, 0.29) is 12.1 Å². The first-order chi connectivity index (χ1) is 15.7. The number of hydrogen-bond acceptors (Lipinski definition) is 6. The number of halogens is 1. The molecule has 0 aliphatic carbocycles. The van der Waals surface area contributed by atoms with Gasteiger partial charge in [-0.25, -0.2) is 9.37 Å². The Bertz CT molecular complexity index is 1160. The highest BCUT2D eigenvalue weighted by Crippen LogP contribution is 2.32. The maximum absolute atomic E-state index is 13.3. The number of benzene rings is 2. The van der Waals surface area contributed by atoms with Crippen molar-refractivity contribution in [2.24, 2.45) is 0 Å². The number of methoxy groups -OCH3 is 1. The van der Waals surface area contributed by atoms with Gasteiger partial charge in [0, 0.05) is 23.9 Å². The minimum atomic E-state index is -0.953. The molecule has 3 aromatic rings. The van der Waals surface area contributed by atoms with E-state index in [0.717, 1.165) is 6.07 Å². The average Bonchev–Trinajstić information content (AvgIpc) is 3.31. The molecule has 1 heterocycles. The molecule has 3 N–H and O–H groups in total. The minimum Gasteiger partial charge on any atom is -0.496 e. The maximum Gasteiger partial charge on any atom is 0.313 e. The van der Waals surface area contributed by atoms with Gasteiger partial charge in [0.05, 0.1) is 24.4 Å². The van der Waals surface area contributed by atoms with Crippen LogP contribution in [0, 0.1) is 5.82 Å². The third kappa shape index (κ3) is 6.16. The highest BCUT2D eigenvalue weighted by atomic mass is 19.1. The van der Waals surface area contributed by atoms with E-state index in [1.54, 1.807) is 32.0 Å². The van der Waals surface area contributed by atoms with Crippen LogP contribution in [0.15, 0.2) is 59.5 Å². The fourth-order valence-electron chi connectivity index (χ4n) is 2.95. The zero-order valence-corrected chi connectivity index (χ0v) is 18.3. The minimum absolute atomic E-state index is 0.0149. The van der Waals surface area contributed by atoms with E-state index in [0.29, 0.717) is 22.8 Å². The number of oxazole rings is 1. The van der Waals surface area contributed by atoms with Crippen LogP contribution in [0.3, 0.4) is 0 Å². The summed E-state index contributed by atoms with van der Waals surface area (Å²) in [5.74, 6) is -1.90. The summed E-state index contributed by atoms with van der Waals surface area (Å²) in [7, 11) is 1.47. The van der Waals surface area contributed by atoms with E-state index in [1.165, 1.54) is 37.9 Å². The van der Waals surface area contributed by atoms with E-state index in [4.69, 9.17) is 9.15 Å². The lowest BCUT2D eigenvalue weighted by Gasteiger charge is -2.26. The second-order valence-corrected chi connectivity index (χ2v) is 7.77. The lowest BCUT2D eigenvalue weighted by Crippen LogP contribution is -2.54. The van der Waals surface area contributed by atoms with Crippen LogP contribution in [0.25, 0.3) is 11.3 Å². The van der Waals surface area contributed by atoms with Gasteiger partial charge in [0.2, 0.25) is 0 Å². The van der Waals surface area contributed by atoms with Crippen LogP contribution in [0.2, 0.25) is 0 Å². The first kappa shape index (κ1) is 23.5. The number of carbonyl (C=O) groups is 3. The SMILES string of the molecule is COc1cc(NC(=O)C(=O)NC(C)(C)CNC(=O)c2cccc(F)c2)ccc1-c1cnco1. The number of amides is 3. The highest BCUT2D eigenvalue weighted by molar-refractivity contribution is 6.39. The summed E-state index contributed by atoms with van der Waals surface area (Å²) in [4.78, 5) is 40.8. The Labute approximate surface area is 189 Å². The van der Waals surface area contributed by atoms with Crippen molar-refractivity contribution in [1.29, 1.82) is 0 Å². The molecule has 0 bridgehead atoms. The molecule has 0 spiro atoms. The highest BCUT2D eigenvalue weighted by Gasteiger charge is 2.25. The predicted molar refractivity (Wildman–Crippen MR) is 118 cm³/mol. The summed E-state index contributed by atoms with van der Waals surface area (Å²) in [6, 6.07) is 10.0. The molecule has 9 nitrogen and oxygen atoms in total.